The van der Waals surface area contributed by atoms with Gasteiger partial charge in [-0.25, -0.2) is 0 Å². The average molecular weight is 388 g/mol. The fraction of sp³-hybridized carbons (Fsp3) is 0.200. The van der Waals surface area contributed by atoms with E-state index in [1.165, 1.54) is 5.56 Å². The van der Waals surface area contributed by atoms with E-state index in [-0.39, 0.29) is 66.2 Å². The van der Waals surface area contributed by atoms with E-state index in [1.54, 1.807) is 0 Å². The molecule has 0 heterocycles. The normalized spacial score (nSPS) is 7.52. The summed E-state index contributed by atoms with van der Waals surface area (Å²) in [6, 6.07) is 20.2. The van der Waals surface area contributed by atoms with Gasteiger partial charge in [0, 0.05) is 4.47 Å². The Morgan fingerprint density at radius 3 is 1.19 bits per heavy atom. The zero-order valence-corrected chi connectivity index (χ0v) is 15.6. The summed E-state index contributed by atoms with van der Waals surface area (Å²) >= 11 is 3.31. The van der Waals surface area contributed by atoms with E-state index in [0.29, 0.717) is 0 Å². The molecule has 21 heavy (non-hydrogen) atoms. The molecule has 0 N–H and O–H groups in total. The van der Waals surface area contributed by atoms with Crippen molar-refractivity contribution in [3.8, 4) is 0 Å². The number of hydrogen-bond acceptors (Lipinski definition) is 0. The van der Waals surface area contributed by atoms with Crippen molar-refractivity contribution in [2.24, 2.45) is 0 Å². The molecule has 6 heteroatoms. The maximum Gasteiger partial charge on any atom is 1.00 e. The summed E-state index contributed by atoms with van der Waals surface area (Å²) in [5.41, 5.74) is 1.32. The molecule has 2 rings (SSSR count). The molecule has 0 amide bonds. The Hall–Kier alpha value is 0.411. The van der Waals surface area contributed by atoms with Crippen molar-refractivity contribution in [1.29, 1.82) is 0 Å². The molecular formula is C15H21BBrF3K. The molecule has 0 saturated heterocycles. The summed E-state index contributed by atoms with van der Waals surface area (Å²) in [6.45, 7) is 2.08. The van der Waals surface area contributed by atoms with Crippen LogP contribution in [-0.4, -0.2) is 7.54 Å². The van der Waals surface area contributed by atoms with Crippen molar-refractivity contribution < 1.29 is 64.3 Å². The molecule has 0 saturated carbocycles. The molecule has 0 fully saturated rings. The quantitative estimate of drug-likeness (QED) is 0.606. The molecule has 0 bridgehead atoms. The van der Waals surface area contributed by atoms with Crippen LogP contribution in [0.4, 0.5) is 12.9 Å². The molecule has 0 aliphatic carbocycles. The number of halogens is 4. The van der Waals surface area contributed by atoms with Gasteiger partial charge in [0.15, 0.2) is 0 Å². The van der Waals surface area contributed by atoms with E-state index in [2.05, 4.69) is 35.0 Å². The SMILES string of the molecule is Brc1ccccc1.C.C.Cc1ccccc1.F[B-](F)F.[K+]. The predicted octanol–water partition coefficient (Wildman–Crippen LogP) is 3.60. The van der Waals surface area contributed by atoms with E-state index in [9.17, 15) is 12.9 Å². The first kappa shape index (κ1) is 29.4. The van der Waals surface area contributed by atoms with Crippen LogP contribution in [0.1, 0.15) is 20.4 Å². The number of aryl methyl sites for hydroxylation is 1. The molecule has 2 aromatic rings. The maximum atomic E-state index is 9.67. The van der Waals surface area contributed by atoms with Gasteiger partial charge in [-0.3, -0.25) is 0 Å². The fourth-order valence-electron chi connectivity index (χ4n) is 0.949. The van der Waals surface area contributed by atoms with Crippen LogP contribution in [0.5, 0.6) is 0 Å². The van der Waals surface area contributed by atoms with Gasteiger partial charge in [-0.1, -0.05) is 84.9 Å². The monoisotopic (exact) mass is 387 g/mol. The van der Waals surface area contributed by atoms with Gasteiger partial charge in [-0.15, -0.1) is 0 Å². The molecule has 0 spiro atoms. The Balaban J connectivity index is -0.0000001000. The van der Waals surface area contributed by atoms with Crippen LogP contribution in [0.3, 0.4) is 0 Å². The van der Waals surface area contributed by atoms with Crippen molar-refractivity contribution in [2.75, 3.05) is 0 Å². The van der Waals surface area contributed by atoms with Gasteiger partial charge >= 0.3 is 58.9 Å². The first-order chi connectivity index (χ1) is 8.52. The second-order valence-electron chi connectivity index (χ2n) is 3.20. The van der Waals surface area contributed by atoms with Gasteiger partial charge in [0.05, 0.1) is 0 Å². The number of benzene rings is 2. The Morgan fingerprint density at radius 1 is 0.762 bits per heavy atom. The molecule has 0 aliphatic rings. The third-order valence-electron chi connectivity index (χ3n) is 1.67. The van der Waals surface area contributed by atoms with Crippen molar-refractivity contribution in [2.45, 2.75) is 21.8 Å². The van der Waals surface area contributed by atoms with Crippen LogP contribution >= 0.6 is 15.9 Å². The van der Waals surface area contributed by atoms with E-state index in [0.717, 1.165) is 4.47 Å². The van der Waals surface area contributed by atoms with E-state index >= 15 is 0 Å². The zero-order valence-electron chi connectivity index (χ0n) is 10.9. The zero-order chi connectivity index (χ0) is 13.8. The first-order valence-electron chi connectivity index (χ1n) is 5.17. The molecule has 0 atom stereocenters. The Morgan fingerprint density at radius 2 is 1.05 bits per heavy atom. The summed E-state index contributed by atoms with van der Waals surface area (Å²) in [5.74, 6) is 0. The number of rotatable bonds is 0. The topological polar surface area (TPSA) is 0 Å². The van der Waals surface area contributed by atoms with E-state index in [1.807, 2.05) is 48.5 Å². The maximum absolute atomic E-state index is 9.67. The summed E-state index contributed by atoms with van der Waals surface area (Å²) < 4.78 is 30.1. The van der Waals surface area contributed by atoms with Gasteiger partial charge < -0.3 is 12.9 Å². The third kappa shape index (κ3) is 25.7. The van der Waals surface area contributed by atoms with E-state index in [4.69, 9.17) is 0 Å². The van der Waals surface area contributed by atoms with Crippen LogP contribution < -0.4 is 51.4 Å². The molecule has 0 aliphatic heterocycles. The van der Waals surface area contributed by atoms with Gasteiger partial charge in [-0.2, -0.15) is 0 Å². The minimum atomic E-state index is -3.67. The van der Waals surface area contributed by atoms with E-state index < -0.39 is 7.54 Å². The van der Waals surface area contributed by atoms with Crippen LogP contribution in [0.15, 0.2) is 65.1 Å². The van der Waals surface area contributed by atoms with Crippen molar-refractivity contribution in [1.82, 2.24) is 0 Å². The van der Waals surface area contributed by atoms with Crippen LogP contribution in [0, 0.1) is 6.92 Å². The molecular weight excluding hydrogens is 367 g/mol. The van der Waals surface area contributed by atoms with Gasteiger partial charge in [0.1, 0.15) is 0 Å². The summed E-state index contributed by atoms with van der Waals surface area (Å²) in [4.78, 5) is 0. The Bertz CT molecular complexity index is 362. The Labute approximate surface area is 178 Å². The second-order valence-corrected chi connectivity index (χ2v) is 4.11. The third-order valence-corrected chi connectivity index (χ3v) is 2.20. The van der Waals surface area contributed by atoms with Crippen LogP contribution in [-0.2, 0) is 0 Å². The van der Waals surface area contributed by atoms with Crippen LogP contribution in [0.25, 0.3) is 0 Å². The molecule has 2 aromatic carbocycles. The average Bonchev–Trinajstić information content (AvgIpc) is 2.31. The summed E-state index contributed by atoms with van der Waals surface area (Å²) in [7, 11) is -3.67. The molecule has 0 aromatic heterocycles. The summed E-state index contributed by atoms with van der Waals surface area (Å²) in [5, 5.41) is 0. The van der Waals surface area contributed by atoms with Gasteiger partial charge in [-0.05, 0) is 19.1 Å². The largest absolute Gasteiger partial charge is 1.00 e. The van der Waals surface area contributed by atoms with Crippen LogP contribution in [0.2, 0.25) is 0 Å². The molecule has 0 nitrogen and oxygen atoms in total. The van der Waals surface area contributed by atoms with Crippen molar-refractivity contribution in [3.05, 3.63) is 70.7 Å². The van der Waals surface area contributed by atoms with Crippen molar-refractivity contribution in [3.63, 3.8) is 0 Å². The smallest absolute Gasteiger partial charge is 0.471 e. The Kier molecular flexibility index (Phi) is 28.6. The molecule has 1 radical (unpaired) electrons. The second kappa shape index (κ2) is 20.4. The first-order valence-corrected chi connectivity index (χ1v) is 5.96. The van der Waals surface area contributed by atoms with Crippen molar-refractivity contribution >= 4 is 23.5 Å². The molecule has 113 valence electrons. The van der Waals surface area contributed by atoms with Gasteiger partial charge in [0.2, 0.25) is 0 Å². The molecule has 0 unspecified atom stereocenters. The minimum absolute atomic E-state index is 0. The standard InChI is InChI=1S/C7H8.C6H5Br.2CH4.BF3.K/c1-7-5-3-2-4-6-7;7-6-4-2-1-3-5-6;;;2-1(3)4;/h2-6H,1H3;1-5H;2*1H4;;/q;;;;-1;+1. The predicted molar refractivity (Wildman–Crippen MR) is 87.9 cm³/mol. The number of hydrogen-bond donors (Lipinski definition) is 0. The summed E-state index contributed by atoms with van der Waals surface area (Å²) in [6.07, 6.45) is 0. The minimum Gasteiger partial charge on any atom is -0.471 e. The fourth-order valence-corrected chi connectivity index (χ4v) is 1.25. The van der Waals surface area contributed by atoms with Gasteiger partial charge in [0.25, 0.3) is 0 Å².